The first-order valence-electron chi connectivity index (χ1n) is 9.59. The highest BCUT2D eigenvalue weighted by atomic mass is 15.3. The molecule has 3 heterocycles. The topological polar surface area (TPSA) is 58.3 Å². The van der Waals surface area contributed by atoms with E-state index in [1.54, 1.807) is 0 Å². The monoisotopic (exact) mass is 332 g/mol. The molecule has 0 spiro atoms. The number of aryl methyl sites for hydroxylation is 1. The molecule has 3 rings (SSSR count). The van der Waals surface area contributed by atoms with Gasteiger partial charge in [-0.25, -0.2) is 4.99 Å². The molecule has 1 saturated heterocycles. The number of aliphatic imine (C=N–C) groups is 1. The predicted molar refractivity (Wildman–Crippen MR) is 97.0 cm³/mol. The highest BCUT2D eigenvalue weighted by Gasteiger charge is 2.31. The van der Waals surface area contributed by atoms with E-state index in [-0.39, 0.29) is 0 Å². The SMILES string of the molecule is CCCC1(C)CCCN(C(=NCc2nnc3n2CCC3)NCC)C1. The average Bonchev–Trinajstić information content (AvgIpc) is 3.15. The van der Waals surface area contributed by atoms with Crippen LogP contribution in [-0.4, -0.2) is 45.3 Å². The van der Waals surface area contributed by atoms with Crippen molar-refractivity contribution >= 4 is 5.96 Å². The summed E-state index contributed by atoms with van der Waals surface area (Å²) in [6.45, 7) is 11.6. The molecule has 1 N–H and O–H groups in total. The minimum absolute atomic E-state index is 0.416. The van der Waals surface area contributed by atoms with Crippen LogP contribution in [-0.2, 0) is 19.5 Å². The number of nitrogens with zero attached hydrogens (tertiary/aromatic N) is 5. The van der Waals surface area contributed by atoms with E-state index in [4.69, 9.17) is 4.99 Å². The van der Waals surface area contributed by atoms with Crippen LogP contribution in [0.25, 0.3) is 0 Å². The van der Waals surface area contributed by atoms with Gasteiger partial charge in [0.1, 0.15) is 12.4 Å². The van der Waals surface area contributed by atoms with E-state index in [2.05, 4.69) is 45.8 Å². The fourth-order valence-electron chi connectivity index (χ4n) is 4.20. The number of likely N-dealkylation sites (tertiary alicyclic amines) is 1. The third kappa shape index (κ3) is 3.73. The molecule has 0 radical (unpaired) electrons. The Bertz CT molecular complexity index is 574. The Kier molecular flexibility index (Phi) is 5.41. The molecule has 134 valence electrons. The first-order chi connectivity index (χ1) is 11.6. The van der Waals surface area contributed by atoms with E-state index < -0.39 is 0 Å². The molecule has 0 amide bonds. The van der Waals surface area contributed by atoms with Crippen molar-refractivity contribution in [2.75, 3.05) is 19.6 Å². The van der Waals surface area contributed by atoms with Crippen LogP contribution in [0.3, 0.4) is 0 Å². The summed E-state index contributed by atoms with van der Waals surface area (Å²) in [6.07, 6.45) is 7.36. The van der Waals surface area contributed by atoms with Crippen LogP contribution in [0.4, 0.5) is 0 Å². The van der Waals surface area contributed by atoms with Gasteiger partial charge in [0.05, 0.1) is 0 Å². The zero-order valence-corrected chi connectivity index (χ0v) is 15.5. The summed E-state index contributed by atoms with van der Waals surface area (Å²) in [5.41, 5.74) is 0.416. The maximum Gasteiger partial charge on any atom is 0.194 e. The van der Waals surface area contributed by atoms with Crippen LogP contribution < -0.4 is 5.32 Å². The Morgan fingerprint density at radius 2 is 2.12 bits per heavy atom. The molecule has 6 heteroatoms. The molecular formula is C18H32N6. The van der Waals surface area contributed by atoms with Gasteiger partial charge in [0.2, 0.25) is 0 Å². The highest BCUT2D eigenvalue weighted by molar-refractivity contribution is 5.80. The Labute approximate surface area is 145 Å². The molecule has 2 aliphatic rings. The van der Waals surface area contributed by atoms with Gasteiger partial charge in [-0.3, -0.25) is 0 Å². The molecule has 6 nitrogen and oxygen atoms in total. The number of guanidine groups is 1. The molecule has 1 unspecified atom stereocenters. The Morgan fingerprint density at radius 3 is 2.92 bits per heavy atom. The van der Waals surface area contributed by atoms with Gasteiger partial charge in [0.15, 0.2) is 11.8 Å². The van der Waals surface area contributed by atoms with Gasteiger partial charge in [-0.05, 0) is 38.0 Å². The van der Waals surface area contributed by atoms with Crippen LogP contribution in [0, 0.1) is 5.41 Å². The van der Waals surface area contributed by atoms with Gasteiger partial charge in [-0.1, -0.05) is 20.3 Å². The van der Waals surface area contributed by atoms with E-state index in [1.807, 2.05) is 0 Å². The molecule has 0 saturated carbocycles. The maximum atomic E-state index is 4.89. The Morgan fingerprint density at radius 1 is 1.25 bits per heavy atom. The van der Waals surface area contributed by atoms with E-state index >= 15 is 0 Å². The van der Waals surface area contributed by atoms with Crippen molar-refractivity contribution in [2.45, 2.75) is 72.4 Å². The van der Waals surface area contributed by atoms with Crippen LogP contribution in [0.2, 0.25) is 0 Å². The van der Waals surface area contributed by atoms with Gasteiger partial charge < -0.3 is 14.8 Å². The summed E-state index contributed by atoms with van der Waals surface area (Å²) in [6, 6.07) is 0. The molecule has 2 aliphatic heterocycles. The van der Waals surface area contributed by atoms with Gasteiger partial charge in [0, 0.05) is 32.6 Å². The van der Waals surface area contributed by atoms with Gasteiger partial charge >= 0.3 is 0 Å². The minimum atomic E-state index is 0.416. The van der Waals surface area contributed by atoms with Crippen molar-refractivity contribution < 1.29 is 0 Å². The molecule has 1 fully saturated rings. The molecule has 0 aromatic carbocycles. The summed E-state index contributed by atoms with van der Waals surface area (Å²) < 4.78 is 2.24. The summed E-state index contributed by atoms with van der Waals surface area (Å²) in [5.74, 6) is 3.17. The fraction of sp³-hybridized carbons (Fsp3) is 0.833. The molecule has 24 heavy (non-hydrogen) atoms. The number of hydrogen-bond acceptors (Lipinski definition) is 3. The number of aromatic nitrogens is 3. The summed E-state index contributed by atoms with van der Waals surface area (Å²) >= 11 is 0. The van der Waals surface area contributed by atoms with Crippen molar-refractivity contribution in [2.24, 2.45) is 10.4 Å². The first kappa shape index (κ1) is 17.2. The quantitative estimate of drug-likeness (QED) is 0.665. The summed E-state index contributed by atoms with van der Waals surface area (Å²) in [5, 5.41) is 12.1. The van der Waals surface area contributed by atoms with Crippen molar-refractivity contribution in [3.8, 4) is 0 Å². The summed E-state index contributed by atoms with van der Waals surface area (Å²) in [4.78, 5) is 7.34. The predicted octanol–water partition coefficient (Wildman–Crippen LogP) is 2.59. The van der Waals surface area contributed by atoms with Crippen molar-refractivity contribution in [3.05, 3.63) is 11.6 Å². The highest BCUT2D eigenvalue weighted by Crippen LogP contribution is 2.33. The normalized spacial score (nSPS) is 24.3. The number of hydrogen-bond donors (Lipinski definition) is 1. The third-order valence-corrected chi connectivity index (χ3v) is 5.33. The smallest absolute Gasteiger partial charge is 0.194 e. The lowest BCUT2D eigenvalue weighted by molar-refractivity contribution is 0.142. The number of fused-ring (bicyclic) bond motifs is 1. The second-order valence-electron chi connectivity index (χ2n) is 7.54. The van der Waals surface area contributed by atoms with Crippen molar-refractivity contribution in [1.29, 1.82) is 0 Å². The molecule has 0 bridgehead atoms. The van der Waals surface area contributed by atoms with Crippen molar-refractivity contribution in [1.82, 2.24) is 25.0 Å². The fourth-order valence-corrected chi connectivity index (χ4v) is 4.20. The van der Waals surface area contributed by atoms with Crippen LogP contribution in [0.5, 0.6) is 0 Å². The summed E-state index contributed by atoms with van der Waals surface area (Å²) in [7, 11) is 0. The molecule has 1 aromatic rings. The number of rotatable bonds is 5. The van der Waals surface area contributed by atoms with Gasteiger partial charge in [-0.15, -0.1) is 10.2 Å². The maximum absolute atomic E-state index is 4.89. The lowest BCUT2D eigenvalue weighted by Gasteiger charge is -2.42. The lowest BCUT2D eigenvalue weighted by Crippen LogP contribution is -2.49. The van der Waals surface area contributed by atoms with E-state index in [1.165, 1.54) is 32.1 Å². The average molecular weight is 332 g/mol. The number of piperidine rings is 1. The second kappa shape index (κ2) is 7.53. The zero-order valence-electron chi connectivity index (χ0n) is 15.5. The van der Waals surface area contributed by atoms with Gasteiger partial charge in [0.25, 0.3) is 0 Å². The Hall–Kier alpha value is -1.59. The van der Waals surface area contributed by atoms with E-state index in [9.17, 15) is 0 Å². The molecule has 1 atom stereocenters. The minimum Gasteiger partial charge on any atom is -0.357 e. The van der Waals surface area contributed by atoms with Crippen LogP contribution in [0.1, 0.15) is 64.5 Å². The van der Waals surface area contributed by atoms with Gasteiger partial charge in [-0.2, -0.15) is 0 Å². The second-order valence-corrected chi connectivity index (χ2v) is 7.54. The van der Waals surface area contributed by atoms with Crippen LogP contribution in [0.15, 0.2) is 4.99 Å². The molecular weight excluding hydrogens is 300 g/mol. The lowest BCUT2D eigenvalue weighted by atomic mass is 9.78. The number of nitrogens with one attached hydrogen (secondary N) is 1. The molecule has 0 aliphatic carbocycles. The van der Waals surface area contributed by atoms with Crippen molar-refractivity contribution in [3.63, 3.8) is 0 Å². The first-order valence-corrected chi connectivity index (χ1v) is 9.59. The van der Waals surface area contributed by atoms with E-state index in [0.29, 0.717) is 12.0 Å². The third-order valence-electron chi connectivity index (χ3n) is 5.33. The largest absolute Gasteiger partial charge is 0.357 e. The standard InChI is InChI=1S/C18H32N6/c1-4-9-18(3)10-7-11-23(14-18)17(19-5-2)20-13-16-22-21-15-8-6-12-24(15)16/h4-14H2,1-3H3,(H,19,20). The van der Waals surface area contributed by atoms with Crippen LogP contribution >= 0.6 is 0 Å². The molecule has 1 aromatic heterocycles. The zero-order chi connectivity index (χ0) is 17.0. The van der Waals surface area contributed by atoms with E-state index in [0.717, 1.165) is 50.2 Å². The Balaban J connectivity index is 1.71.